The van der Waals surface area contributed by atoms with Gasteiger partial charge in [-0.1, -0.05) is 31.9 Å². The average molecular weight is 216 g/mol. The molecule has 0 aromatic carbocycles. The van der Waals surface area contributed by atoms with Crippen molar-refractivity contribution in [1.29, 1.82) is 0 Å². The lowest BCUT2D eigenvalue weighted by Crippen LogP contribution is -2.50. The maximum atomic E-state index is 5.65. The standard InChI is InChI=1S/C15H20O/c1-5-9-16-14(6-2)12-8-7-11-10-13(12)15(11,3)4/h2,5,8,11,13-14H,1,7,9-10H2,3-4H3/t11-,13-,14?/m0/s1. The van der Waals surface area contributed by atoms with Crippen molar-refractivity contribution in [2.75, 3.05) is 6.61 Å². The molecule has 86 valence electrons. The highest BCUT2D eigenvalue weighted by Gasteiger charge is 2.52. The molecule has 0 amide bonds. The summed E-state index contributed by atoms with van der Waals surface area (Å²) in [7, 11) is 0. The summed E-state index contributed by atoms with van der Waals surface area (Å²) in [5.41, 5.74) is 1.74. The summed E-state index contributed by atoms with van der Waals surface area (Å²) in [6, 6.07) is 0. The summed E-state index contributed by atoms with van der Waals surface area (Å²) in [6.07, 6.45) is 11.9. The lowest BCUT2D eigenvalue weighted by molar-refractivity contribution is -0.0226. The van der Waals surface area contributed by atoms with Gasteiger partial charge in [-0.3, -0.25) is 0 Å². The molecule has 0 heterocycles. The summed E-state index contributed by atoms with van der Waals surface area (Å²) in [6.45, 7) is 8.88. The molecule has 0 aliphatic heterocycles. The van der Waals surface area contributed by atoms with Crippen LogP contribution in [0.15, 0.2) is 24.3 Å². The highest BCUT2D eigenvalue weighted by Crippen LogP contribution is 2.59. The van der Waals surface area contributed by atoms with Gasteiger partial charge in [-0.05, 0) is 35.7 Å². The van der Waals surface area contributed by atoms with E-state index in [0.717, 1.165) is 12.3 Å². The van der Waals surface area contributed by atoms with Gasteiger partial charge in [-0.2, -0.15) is 0 Å². The van der Waals surface area contributed by atoms with E-state index in [0.29, 0.717) is 17.9 Å². The van der Waals surface area contributed by atoms with Crippen LogP contribution in [0.1, 0.15) is 26.7 Å². The van der Waals surface area contributed by atoms with E-state index < -0.39 is 0 Å². The molecule has 1 nitrogen and oxygen atoms in total. The van der Waals surface area contributed by atoms with Gasteiger partial charge < -0.3 is 4.74 Å². The normalized spacial score (nSPS) is 31.9. The molecule has 1 unspecified atom stereocenters. The molecule has 1 saturated carbocycles. The van der Waals surface area contributed by atoms with E-state index in [-0.39, 0.29) is 6.10 Å². The topological polar surface area (TPSA) is 9.23 Å². The predicted molar refractivity (Wildman–Crippen MR) is 66.8 cm³/mol. The first-order valence-electron chi connectivity index (χ1n) is 5.99. The van der Waals surface area contributed by atoms with Crippen LogP contribution < -0.4 is 0 Å². The third-order valence-corrected chi connectivity index (χ3v) is 4.35. The summed E-state index contributed by atoms with van der Waals surface area (Å²) in [5.74, 6) is 4.23. The molecule has 16 heavy (non-hydrogen) atoms. The van der Waals surface area contributed by atoms with Crippen LogP contribution in [-0.2, 0) is 4.74 Å². The number of allylic oxidation sites excluding steroid dienone is 1. The van der Waals surface area contributed by atoms with Crippen LogP contribution in [0.4, 0.5) is 0 Å². The van der Waals surface area contributed by atoms with Crippen LogP contribution in [0, 0.1) is 29.6 Å². The van der Waals surface area contributed by atoms with Gasteiger partial charge in [0.05, 0.1) is 6.61 Å². The average Bonchev–Trinajstić information content (AvgIpc) is 2.30. The molecule has 0 spiro atoms. The predicted octanol–water partition coefficient (Wildman–Crippen LogP) is 3.18. The second-order valence-corrected chi connectivity index (χ2v) is 5.42. The molecule has 2 bridgehead atoms. The first-order valence-corrected chi connectivity index (χ1v) is 5.99. The highest BCUT2D eigenvalue weighted by atomic mass is 16.5. The Bertz CT molecular complexity index is 356. The molecular weight excluding hydrogens is 196 g/mol. The first kappa shape index (κ1) is 11.5. The molecule has 0 aromatic heterocycles. The Labute approximate surface area is 98.6 Å². The van der Waals surface area contributed by atoms with Crippen molar-refractivity contribution in [2.24, 2.45) is 17.3 Å². The maximum Gasteiger partial charge on any atom is 0.139 e. The van der Waals surface area contributed by atoms with Crippen molar-refractivity contribution in [3.63, 3.8) is 0 Å². The van der Waals surface area contributed by atoms with Gasteiger partial charge in [0, 0.05) is 0 Å². The smallest absolute Gasteiger partial charge is 0.139 e. The number of hydrogen-bond acceptors (Lipinski definition) is 1. The van der Waals surface area contributed by atoms with Crippen molar-refractivity contribution in [1.82, 2.24) is 0 Å². The van der Waals surface area contributed by atoms with Gasteiger partial charge in [-0.25, -0.2) is 0 Å². The Kier molecular flexibility index (Phi) is 2.95. The fourth-order valence-electron chi connectivity index (χ4n) is 3.10. The van der Waals surface area contributed by atoms with Gasteiger partial charge >= 0.3 is 0 Å². The Balaban J connectivity index is 2.12. The maximum absolute atomic E-state index is 5.65. The summed E-state index contributed by atoms with van der Waals surface area (Å²) in [5, 5.41) is 0. The molecule has 1 fully saturated rings. The Morgan fingerprint density at radius 3 is 3.00 bits per heavy atom. The van der Waals surface area contributed by atoms with Crippen LogP contribution in [-0.4, -0.2) is 12.7 Å². The van der Waals surface area contributed by atoms with Crippen molar-refractivity contribution < 1.29 is 4.74 Å². The van der Waals surface area contributed by atoms with Crippen molar-refractivity contribution >= 4 is 0 Å². The van der Waals surface area contributed by atoms with Gasteiger partial charge in [-0.15, -0.1) is 13.0 Å². The van der Waals surface area contributed by atoms with Crippen LogP contribution in [0.2, 0.25) is 0 Å². The van der Waals surface area contributed by atoms with Gasteiger partial charge in [0.15, 0.2) is 0 Å². The minimum atomic E-state index is -0.150. The Morgan fingerprint density at radius 2 is 2.50 bits per heavy atom. The van der Waals surface area contributed by atoms with E-state index in [1.807, 2.05) is 0 Å². The SMILES string of the molecule is C#CC(OCC=C)C1=CC[C@H]2C[C@@H]1C2(C)C. The minimum Gasteiger partial charge on any atom is -0.357 e. The summed E-state index contributed by atoms with van der Waals surface area (Å²) in [4.78, 5) is 0. The van der Waals surface area contributed by atoms with Crippen LogP contribution >= 0.6 is 0 Å². The zero-order valence-electron chi connectivity index (χ0n) is 10.2. The van der Waals surface area contributed by atoms with Crippen molar-refractivity contribution in [2.45, 2.75) is 32.8 Å². The van der Waals surface area contributed by atoms with E-state index in [1.54, 1.807) is 6.08 Å². The number of terminal acetylenes is 1. The molecule has 0 radical (unpaired) electrons. The molecule has 1 heteroatoms. The number of hydrogen-bond donors (Lipinski definition) is 0. The molecule has 3 rings (SSSR count). The van der Waals surface area contributed by atoms with Crippen molar-refractivity contribution in [3.8, 4) is 12.3 Å². The molecular formula is C15H20O. The highest BCUT2D eigenvalue weighted by molar-refractivity contribution is 5.31. The largest absolute Gasteiger partial charge is 0.357 e. The van der Waals surface area contributed by atoms with Crippen molar-refractivity contribution in [3.05, 3.63) is 24.3 Å². The van der Waals surface area contributed by atoms with Gasteiger partial charge in [0.25, 0.3) is 0 Å². The fourth-order valence-corrected chi connectivity index (χ4v) is 3.10. The second kappa shape index (κ2) is 4.11. The van der Waals surface area contributed by atoms with E-state index >= 15 is 0 Å². The molecule has 3 aliphatic rings. The fraction of sp³-hybridized carbons (Fsp3) is 0.600. The van der Waals surface area contributed by atoms with Crippen LogP contribution in [0.5, 0.6) is 0 Å². The van der Waals surface area contributed by atoms with Gasteiger partial charge in [0.1, 0.15) is 6.10 Å². The Hall–Kier alpha value is -1.00. The molecule has 0 N–H and O–H groups in total. The Morgan fingerprint density at radius 1 is 1.75 bits per heavy atom. The minimum absolute atomic E-state index is 0.150. The van der Waals surface area contributed by atoms with Gasteiger partial charge in [0.2, 0.25) is 0 Å². The number of rotatable bonds is 4. The second-order valence-electron chi connectivity index (χ2n) is 5.42. The van der Waals surface area contributed by atoms with E-state index in [2.05, 4.69) is 32.4 Å². The lowest BCUT2D eigenvalue weighted by atomic mass is 9.48. The third-order valence-electron chi connectivity index (χ3n) is 4.35. The molecule has 3 aliphatic carbocycles. The molecule has 0 aromatic rings. The molecule has 0 saturated heterocycles. The summed E-state index contributed by atoms with van der Waals surface area (Å²) >= 11 is 0. The van der Waals surface area contributed by atoms with E-state index in [1.165, 1.54) is 12.0 Å². The van der Waals surface area contributed by atoms with Crippen LogP contribution in [0.3, 0.4) is 0 Å². The lowest BCUT2D eigenvalue weighted by Gasteiger charge is -2.57. The monoisotopic (exact) mass is 216 g/mol. The summed E-state index contributed by atoms with van der Waals surface area (Å²) < 4.78 is 5.65. The number of ether oxygens (including phenoxy) is 1. The molecule has 3 atom stereocenters. The van der Waals surface area contributed by atoms with Crippen LogP contribution in [0.25, 0.3) is 0 Å². The first-order chi connectivity index (χ1) is 7.61. The zero-order valence-corrected chi connectivity index (χ0v) is 10.2. The van der Waals surface area contributed by atoms with E-state index in [9.17, 15) is 0 Å². The van der Waals surface area contributed by atoms with E-state index in [4.69, 9.17) is 11.2 Å². The number of fused-ring (bicyclic) bond motifs is 1. The third kappa shape index (κ3) is 1.62. The zero-order chi connectivity index (χ0) is 11.8. The quantitative estimate of drug-likeness (QED) is 0.518.